The van der Waals surface area contributed by atoms with Crippen molar-refractivity contribution in [1.29, 1.82) is 5.26 Å². The molecule has 1 aromatic carbocycles. The summed E-state index contributed by atoms with van der Waals surface area (Å²) in [5.41, 5.74) is 0.767. The zero-order valence-electron chi connectivity index (χ0n) is 11.8. The van der Waals surface area contributed by atoms with Crippen LogP contribution in [0.2, 0.25) is 0 Å². The van der Waals surface area contributed by atoms with Crippen molar-refractivity contribution >= 4 is 5.69 Å². The topological polar surface area (TPSA) is 88.2 Å². The molecule has 0 aliphatic heterocycles. The van der Waals surface area contributed by atoms with Gasteiger partial charge in [-0.15, -0.1) is 0 Å². The van der Waals surface area contributed by atoms with Gasteiger partial charge in [0.1, 0.15) is 5.75 Å². The van der Waals surface area contributed by atoms with E-state index in [0.717, 1.165) is 13.0 Å². The average molecular weight is 277 g/mol. The van der Waals surface area contributed by atoms with E-state index >= 15 is 0 Å². The Morgan fingerprint density at radius 3 is 2.85 bits per heavy atom. The van der Waals surface area contributed by atoms with Crippen LogP contribution in [0, 0.1) is 28.4 Å². The van der Waals surface area contributed by atoms with Crippen LogP contribution in [0.5, 0.6) is 5.75 Å². The molecule has 1 unspecified atom stereocenters. The van der Waals surface area contributed by atoms with E-state index in [1.807, 2.05) is 6.92 Å². The van der Waals surface area contributed by atoms with Crippen molar-refractivity contribution in [2.45, 2.75) is 32.7 Å². The van der Waals surface area contributed by atoms with Crippen LogP contribution in [0.15, 0.2) is 18.2 Å². The highest BCUT2D eigenvalue weighted by atomic mass is 16.6. The number of benzene rings is 1. The number of hydrogen-bond acceptors (Lipinski definition) is 5. The lowest BCUT2D eigenvalue weighted by atomic mass is 10.2. The van der Waals surface area contributed by atoms with Crippen LogP contribution < -0.4 is 10.1 Å². The Hall–Kier alpha value is -2.13. The lowest BCUT2D eigenvalue weighted by Crippen LogP contribution is -2.29. The van der Waals surface area contributed by atoms with Gasteiger partial charge in [0.15, 0.2) is 0 Å². The molecule has 0 aromatic heterocycles. The molecular weight excluding hydrogens is 258 g/mol. The Labute approximate surface area is 118 Å². The molecule has 1 rings (SSSR count). The Morgan fingerprint density at radius 2 is 2.30 bits per heavy atom. The number of nitrogens with zero attached hydrogens (tertiary/aromatic N) is 2. The average Bonchev–Trinajstić information content (AvgIpc) is 2.43. The van der Waals surface area contributed by atoms with E-state index < -0.39 is 4.92 Å². The lowest BCUT2D eigenvalue weighted by Gasteiger charge is -2.12. The molecule has 0 heterocycles. The van der Waals surface area contributed by atoms with Gasteiger partial charge in [0, 0.05) is 18.6 Å². The van der Waals surface area contributed by atoms with Crippen molar-refractivity contribution in [1.82, 2.24) is 5.32 Å². The summed E-state index contributed by atoms with van der Waals surface area (Å²) in [4.78, 5) is 10.2. The van der Waals surface area contributed by atoms with Crippen molar-refractivity contribution in [2.24, 2.45) is 0 Å². The van der Waals surface area contributed by atoms with E-state index in [4.69, 9.17) is 10.00 Å². The van der Waals surface area contributed by atoms with Gasteiger partial charge in [-0.3, -0.25) is 10.1 Å². The van der Waals surface area contributed by atoms with Gasteiger partial charge in [-0.2, -0.15) is 5.26 Å². The van der Waals surface area contributed by atoms with Gasteiger partial charge >= 0.3 is 0 Å². The summed E-state index contributed by atoms with van der Waals surface area (Å²) in [7, 11) is 0. The summed E-state index contributed by atoms with van der Waals surface area (Å²) in [6.07, 6.45) is 1.55. The fourth-order valence-corrected chi connectivity index (χ4v) is 1.73. The highest BCUT2D eigenvalue weighted by Crippen LogP contribution is 2.23. The van der Waals surface area contributed by atoms with Gasteiger partial charge in [-0.25, -0.2) is 0 Å². The maximum absolute atomic E-state index is 10.6. The number of ether oxygens (including phenoxy) is 1. The number of nitrogens with one attached hydrogen (secondary N) is 1. The minimum atomic E-state index is -0.433. The molecule has 6 heteroatoms. The smallest absolute Gasteiger partial charge is 0.269 e. The number of nitro benzene ring substituents is 1. The predicted octanol–water partition coefficient (Wildman–Crippen LogP) is 2.56. The van der Waals surface area contributed by atoms with Crippen molar-refractivity contribution in [3.8, 4) is 11.8 Å². The van der Waals surface area contributed by atoms with Crippen LogP contribution in [0.1, 0.15) is 25.3 Å². The number of rotatable bonds is 8. The highest BCUT2D eigenvalue weighted by Gasteiger charge is 2.10. The second-order valence-electron chi connectivity index (χ2n) is 4.48. The number of non-ortho nitro benzene ring substituents is 1. The quantitative estimate of drug-likeness (QED) is 0.582. The van der Waals surface area contributed by atoms with Crippen LogP contribution in [-0.4, -0.2) is 24.1 Å². The first-order chi connectivity index (χ1) is 9.58. The molecule has 0 aliphatic carbocycles. The van der Waals surface area contributed by atoms with Crippen molar-refractivity contribution in [2.75, 3.05) is 13.2 Å². The molecule has 0 aliphatic rings. The second kappa shape index (κ2) is 8.12. The SMILES string of the molecule is CCCNC(C#N)CCOc1ccc([N+](=O)[O-])cc1C. The van der Waals surface area contributed by atoms with Crippen molar-refractivity contribution in [3.05, 3.63) is 33.9 Å². The summed E-state index contributed by atoms with van der Waals surface area (Å²) < 4.78 is 5.57. The van der Waals surface area contributed by atoms with Crippen molar-refractivity contribution < 1.29 is 9.66 Å². The molecule has 6 nitrogen and oxygen atoms in total. The first-order valence-corrected chi connectivity index (χ1v) is 6.59. The van der Waals surface area contributed by atoms with Gasteiger partial charge in [0.2, 0.25) is 0 Å². The molecule has 1 N–H and O–H groups in total. The molecule has 20 heavy (non-hydrogen) atoms. The summed E-state index contributed by atoms with van der Waals surface area (Å²) in [6.45, 7) is 5.00. The largest absolute Gasteiger partial charge is 0.493 e. The predicted molar refractivity (Wildman–Crippen MR) is 75.6 cm³/mol. The Kier molecular flexibility index (Phi) is 6.47. The Bertz CT molecular complexity index is 497. The zero-order valence-corrected chi connectivity index (χ0v) is 11.8. The summed E-state index contributed by atoms with van der Waals surface area (Å²) in [5.74, 6) is 0.614. The van der Waals surface area contributed by atoms with Crippen LogP contribution in [-0.2, 0) is 0 Å². The fraction of sp³-hybridized carbons (Fsp3) is 0.500. The van der Waals surface area contributed by atoms with Gasteiger partial charge in [-0.05, 0) is 31.5 Å². The number of aryl methyl sites for hydroxylation is 1. The summed E-state index contributed by atoms with van der Waals surface area (Å²) in [5, 5.41) is 22.7. The molecule has 0 bridgehead atoms. The van der Waals surface area contributed by atoms with Gasteiger partial charge in [0.25, 0.3) is 5.69 Å². The lowest BCUT2D eigenvalue weighted by molar-refractivity contribution is -0.384. The highest BCUT2D eigenvalue weighted by molar-refractivity contribution is 5.42. The third-order valence-electron chi connectivity index (χ3n) is 2.83. The fourth-order valence-electron chi connectivity index (χ4n) is 1.73. The molecule has 0 spiro atoms. The number of nitro groups is 1. The van der Waals surface area contributed by atoms with Crippen molar-refractivity contribution in [3.63, 3.8) is 0 Å². The first kappa shape index (κ1) is 15.9. The molecule has 1 aromatic rings. The molecule has 0 saturated carbocycles. The third kappa shape index (κ3) is 4.86. The number of hydrogen-bond donors (Lipinski definition) is 1. The Balaban J connectivity index is 2.50. The van der Waals surface area contributed by atoms with Crippen LogP contribution in [0.4, 0.5) is 5.69 Å². The molecule has 0 radical (unpaired) electrons. The normalized spacial score (nSPS) is 11.7. The molecule has 108 valence electrons. The first-order valence-electron chi connectivity index (χ1n) is 6.59. The van der Waals surface area contributed by atoms with Crippen LogP contribution in [0.3, 0.4) is 0 Å². The summed E-state index contributed by atoms with van der Waals surface area (Å²) >= 11 is 0. The van der Waals surface area contributed by atoms with Gasteiger partial charge < -0.3 is 10.1 Å². The van der Waals surface area contributed by atoms with Crippen LogP contribution >= 0.6 is 0 Å². The van der Waals surface area contributed by atoms with E-state index in [0.29, 0.717) is 24.3 Å². The maximum atomic E-state index is 10.6. The van der Waals surface area contributed by atoms with Gasteiger partial charge in [-0.1, -0.05) is 6.92 Å². The van der Waals surface area contributed by atoms with E-state index in [9.17, 15) is 10.1 Å². The molecule has 1 atom stereocenters. The standard InChI is InChI=1S/C14H19N3O3/c1-3-7-16-12(10-15)6-8-20-14-5-4-13(17(18)19)9-11(14)2/h4-5,9,12,16H,3,6-8H2,1-2H3. The molecular formula is C14H19N3O3. The monoisotopic (exact) mass is 277 g/mol. The van der Waals surface area contributed by atoms with E-state index in [-0.39, 0.29) is 11.7 Å². The molecule has 0 amide bonds. The molecule has 0 saturated heterocycles. The zero-order chi connectivity index (χ0) is 15.0. The minimum absolute atomic E-state index is 0.0503. The maximum Gasteiger partial charge on any atom is 0.269 e. The van der Waals surface area contributed by atoms with E-state index in [1.165, 1.54) is 12.1 Å². The summed E-state index contributed by atoms with van der Waals surface area (Å²) in [6, 6.07) is 6.44. The third-order valence-corrected chi connectivity index (χ3v) is 2.83. The van der Waals surface area contributed by atoms with E-state index in [2.05, 4.69) is 11.4 Å². The number of nitriles is 1. The minimum Gasteiger partial charge on any atom is -0.493 e. The van der Waals surface area contributed by atoms with Gasteiger partial charge in [0.05, 0.1) is 23.6 Å². The Morgan fingerprint density at radius 1 is 1.55 bits per heavy atom. The second-order valence-corrected chi connectivity index (χ2v) is 4.48. The molecule has 0 fully saturated rings. The van der Waals surface area contributed by atoms with E-state index in [1.54, 1.807) is 13.0 Å². The van der Waals surface area contributed by atoms with Crippen LogP contribution in [0.25, 0.3) is 0 Å².